The number of rotatable bonds is 7. The van der Waals surface area contributed by atoms with Crippen molar-refractivity contribution in [1.29, 1.82) is 0 Å². The van der Waals surface area contributed by atoms with E-state index in [4.69, 9.17) is 5.11 Å². The fraction of sp³-hybridized carbons (Fsp3) is 0.750. The van der Waals surface area contributed by atoms with E-state index < -0.39 is 71.2 Å². The summed E-state index contributed by atoms with van der Waals surface area (Å²) in [4.78, 5) is 10.3. The molecule has 0 aromatic heterocycles. The van der Waals surface area contributed by atoms with E-state index in [0.29, 0.717) is 0 Å². The van der Waals surface area contributed by atoms with Crippen LogP contribution in [-0.4, -0.2) is 65.1 Å². The Kier molecular flexibility index (Phi) is 7.60. The Labute approximate surface area is 174 Å². The second-order valence-corrected chi connectivity index (χ2v) is 5.99. The first-order valence-electron chi connectivity index (χ1n) is 7.15. The Balaban J connectivity index is 7.56. The molecule has 0 unspecified atom stereocenters. The van der Waals surface area contributed by atoms with Gasteiger partial charge in [-0.1, -0.05) is 0 Å². The number of allylic oxidation sites excluding steroid dienone is 1. The van der Waals surface area contributed by atoms with Crippen molar-refractivity contribution in [1.82, 2.24) is 0 Å². The van der Waals surface area contributed by atoms with Crippen molar-refractivity contribution < 1.29 is 102 Å². The number of aliphatic carboxylic acids is 1. The van der Waals surface area contributed by atoms with Crippen molar-refractivity contribution in [2.24, 2.45) is 0 Å². The van der Waals surface area contributed by atoms with Gasteiger partial charge < -0.3 is 5.11 Å². The fourth-order valence-electron chi connectivity index (χ4n) is 1.97. The average molecular weight is 576 g/mol. The van der Waals surface area contributed by atoms with Crippen LogP contribution in [0.15, 0.2) is 11.1 Å². The van der Waals surface area contributed by atoms with Crippen molar-refractivity contribution in [2.75, 3.05) is 0 Å². The molecule has 0 spiro atoms. The van der Waals surface area contributed by atoms with Crippen LogP contribution < -0.4 is 0 Å². The highest BCUT2D eigenvalue weighted by molar-refractivity contribution is 5.89. The maximum atomic E-state index is 13.7. The van der Waals surface area contributed by atoms with Gasteiger partial charge in [-0.15, -0.1) is 0 Å². The van der Waals surface area contributed by atoms with Crippen LogP contribution in [-0.2, 0) is 4.79 Å². The lowest BCUT2D eigenvalue weighted by Gasteiger charge is -2.42. The number of hydrogen-bond acceptors (Lipinski definition) is 1. The van der Waals surface area contributed by atoms with Gasteiger partial charge in [0.2, 0.25) is 0 Å². The van der Waals surface area contributed by atoms with Crippen LogP contribution in [0, 0.1) is 0 Å². The van der Waals surface area contributed by atoms with Gasteiger partial charge in [-0.2, -0.15) is 92.2 Å². The van der Waals surface area contributed by atoms with Crippen LogP contribution >= 0.6 is 0 Å². The molecule has 0 atom stereocenters. The molecule has 0 heterocycles. The predicted octanol–water partition coefficient (Wildman–Crippen LogP) is 6.87. The number of carbonyl (C=O) groups is 1. The molecule has 0 fully saturated rings. The Bertz CT molecular complexity index is 851. The summed E-state index contributed by atoms with van der Waals surface area (Å²) in [6.45, 7) is 0. The van der Waals surface area contributed by atoms with Gasteiger partial charge in [-0.05, 0) is 0 Å². The number of carboxylic acid groups (broad SMARTS) is 1. The Morgan fingerprint density at radius 3 is 0.943 bits per heavy atom. The smallest absolute Gasteiger partial charge is 0.460 e. The minimum absolute atomic E-state index is 4.30. The third-order valence-electron chi connectivity index (χ3n) is 3.67. The minimum atomic E-state index is -9.16. The van der Waals surface area contributed by atoms with Crippen LogP contribution in [0.2, 0.25) is 0 Å². The first-order valence-corrected chi connectivity index (χ1v) is 7.15. The first-order chi connectivity index (χ1) is 14.7. The molecule has 0 aromatic rings. The van der Waals surface area contributed by atoms with Crippen molar-refractivity contribution in [3.05, 3.63) is 11.1 Å². The number of carboxylic acids is 1. The SMILES string of the molecule is O=C(O)C(=C(C(F)(F)F)C(F)(F)C(F)(F)C(F)(F)C(F)(F)C(F)(F)C(F)(F)C(F)(F)F)C(F)(F)F. The maximum absolute atomic E-state index is 13.7. The molecule has 0 rings (SSSR count). The molecule has 0 aromatic carbocycles. The van der Waals surface area contributed by atoms with Gasteiger partial charge in [0.1, 0.15) is 5.57 Å². The first kappa shape index (κ1) is 32.7. The normalized spacial score (nSPS) is 16.8. The largest absolute Gasteiger partial charge is 0.478 e. The third kappa shape index (κ3) is 4.65. The van der Waals surface area contributed by atoms with E-state index in [-0.39, 0.29) is 0 Å². The molecule has 0 radical (unpaired) electrons. The molecule has 0 amide bonds. The van der Waals surface area contributed by atoms with Crippen LogP contribution in [0.25, 0.3) is 0 Å². The predicted molar refractivity (Wildman–Crippen MR) is 62.5 cm³/mol. The van der Waals surface area contributed by atoms with E-state index >= 15 is 0 Å². The quantitative estimate of drug-likeness (QED) is 0.266. The van der Waals surface area contributed by atoms with Gasteiger partial charge in [0.25, 0.3) is 0 Å². The minimum Gasteiger partial charge on any atom is -0.478 e. The zero-order chi connectivity index (χ0) is 29.2. The zero-order valence-electron chi connectivity index (χ0n) is 14.8. The van der Waals surface area contributed by atoms with Crippen molar-refractivity contribution in [3.8, 4) is 0 Å². The lowest BCUT2D eigenvalue weighted by atomic mass is 9.86. The molecular formula is C12HF21O2. The van der Waals surface area contributed by atoms with E-state index in [1.54, 1.807) is 0 Å². The standard InChI is InChI=1S/C12HF21O2/c13-4(14,2(6(18,19)20)1(3(34)35)5(15,16)17)7(21,22)8(23,24)9(25,26)10(27,28)11(29,30)12(31,32)33/h(H,34,35). The van der Waals surface area contributed by atoms with Crippen molar-refractivity contribution in [2.45, 2.75) is 54.1 Å². The summed E-state index contributed by atoms with van der Waals surface area (Å²) in [7, 11) is 0. The molecule has 208 valence electrons. The van der Waals surface area contributed by atoms with E-state index in [0.717, 1.165) is 0 Å². The summed E-state index contributed by atoms with van der Waals surface area (Å²) in [6, 6.07) is 0. The Hall–Kier alpha value is -2.26. The van der Waals surface area contributed by atoms with E-state index in [1.807, 2.05) is 0 Å². The summed E-state index contributed by atoms with van der Waals surface area (Å²) in [5.41, 5.74) is -10.5. The maximum Gasteiger partial charge on any atom is 0.460 e. The van der Waals surface area contributed by atoms with Crippen LogP contribution in [0.5, 0.6) is 0 Å². The molecule has 35 heavy (non-hydrogen) atoms. The molecule has 0 bridgehead atoms. The summed E-state index contributed by atoms with van der Waals surface area (Å²) < 4.78 is 270. The number of hydrogen-bond donors (Lipinski definition) is 1. The molecule has 1 N–H and O–H groups in total. The van der Waals surface area contributed by atoms with Crippen LogP contribution in [0.1, 0.15) is 0 Å². The molecule has 0 aliphatic heterocycles. The van der Waals surface area contributed by atoms with E-state index in [2.05, 4.69) is 0 Å². The summed E-state index contributed by atoms with van der Waals surface area (Å²) >= 11 is 0. The molecule has 0 saturated carbocycles. The topological polar surface area (TPSA) is 37.3 Å². The van der Waals surface area contributed by atoms with Crippen LogP contribution in [0.4, 0.5) is 92.2 Å². The van der Waals surface area contributed by atoms with Gasteiger partial charge in [0, 0.05) is 0 Å². The van der Waals surface area contributed by atoms with Gasteiger partial charge in [0.05, 0.1) is 0 Å². The van der Waals surface area contributed by atoms with Gasteiger partial charge in [-0.3, -0.25) is 0 Å². The lowest BCUT2D eigenvalue weighted by molar-refractivity contribution is -0.451. The fourth-order valence-corrected chi connectivity index (χ4v) is 1.97. The van der Waals surface area contributed by atoms with Crippen molar-refractivity contribution in [3.63, 3.8) is 0 Å². The summed E-state index contributed by atoms with van der Waals surface area (Å²) in [6.07, 6.45) is -23.2. The second-order valence-electron chi connectivity index (χ2n) is 5.99. The molecule has 23 heteroatoms. The highest BCUT2D eigenvalue weighted by atomic mass is 19.4. The van der Waals surface area contributed by atoms with Crippen LogP contribution in [0.3, 0.4) is 0 Å². The molecule has 0 aliphatic carbocycles. The van der Waals surface area contributed by atoms with Gasteiger partial charge in [0.15, 0.2) is 5.57 Å². The molecule has 0 saturated heterocycles. The third-order valence-corrected chi connectivity index (χ3v) is 3.67. The van der Waals surface area contributed by atoms with E-state index in [9.17, 15) is 97.0 Å². The summed E-state index contributed by atoms with van der Waals surface area (Å²) in [5.74, 6) is -57.6. The molecular weight excluding hydrogens is 575 g/mol. The lowest BCUT2D eigenvalue weighted by Crippen LogP contribution is -2.73. The second kappa shape index (κ2) is 8.13. The monoisotopic (exact) mass is 576 g/mol. The highest BCUT2D eigenvalue weighted by Crippen LogP contribution is 2.64. The Morgan fingerprint density at radius 2 is 0.714 bits per heavy atom. The molecule has 0 aliphatic rings. The number of alkyl halides is 21. The van der Waals surface area contributed by atoms with E-state index in [1.165, 1.54) is 0 Å². The van der Waals surface area contributed by atoms with Gasteiger partial charge in [-0.25, -0.2) is 4.79 Å². The number of halogens is 21. The molecule has 2 nitrogen and oxygen atoms in total. The zero-order valence-corrected chi connectivity index (χ0v) is 14.8. The van der Waals surface area contributed by atoms with Gasteiger partial charge >= 0.3 is 60.0 Å². The summed E-state index contributed by atoms with van der Waals surface area (Å²) in [5, 5.41) is 8.02. The highest BCUT2D eigenvalue weighted by Gasteiger charge is 2.94. The Morgan fingerprint density at radius 1 is 0.429 bits per heavy atom. The van der Waals surface area contributed by atoms with Crippen molar-refractivity contribution >= 4 is 5.97 Å². The average Bonchev–Trinajstić information content (AvgIpc) is 2.54.